The van der Waals surface area contributed by atoms with E-state index in [1.807, 2.05) is 29.2 Å². The van der Waals surface area contributed by atoms with E-state index in [0.29, 0.717) is 11.5 Å². The molecule has 0 N–H and O–H groups in total. The molecule has 4 rings (SSSR count). The largest absolute Gasteiger partial charge is 0.492 e. The second-order valence-electron chi connectivity index (χ2n) is 7.03. The number of likely N-dealkylation sites (tertiary alicyclic amines) is 1. The maximum absolute atomic E-state index is 12.9. The molecule has 1 unspecified atom stereocenters. The summed E-state index contributed by atoms with van der Waals surface area (Å²) >= 11 is 0. The number of carbonyl (C=O) groups is 1. The number of rotatable bonds is 4. The fourth-order valence-electron chi connectivity index (χ4n) is 3.51. The number of nitrogens with zero attached hydrogens (tertiary/aromatic N) is 1. The minimum absolute atomic E-state index is 0.107. The molecule has 0 aromatic heterocycles. The van der Waals surface area contributed by atoms with E-state index in [2.05, 4.69) is 0 Å². The zero-order chi connectivity index (χ0) is 15.0. The second kappa shape index (κ2) is 5.58. The van der Waals surface area contributed by atoms with Crippen molar-refractivity contribution in [1.29, 1.82) is 0 Å². The quantitative estimate of drug-likeness (QED) is 0.858. The van der Waals surface area contributed by atoms with Crippen LogP contribution in [0.15, 0.2) is 24.3 Å². The Balaban J connectivity index is 1.47. The van der Waals surface area contributed by atoms with Gasteiger partial charge in [0.25, 0.3) is 5.91 Å². The second-order valence-corrected chi connectivity index (χ2v) is 7.03. The van der Waals surface area contributed by atoms with Crippen molar-refractivity contribution in [3.05, 3.63) is 29.8 Å². The molecule has 3 aliphatic rings. The van der Waals surface area contributed by atoms with Crippen LogP contribution < -0.4 is 4.74 Å². The molecule has 1 saturated carbocycles. The van der Waals surface area contributed by atoms with Gasteiger partial charge < -0.3 is 14.4 Å². The van der Waals surface area contributed by atoms with Crippen molar-refractivity contribution in [1.82, 2.24) is 4.90 Å². The summed E-state index contributed by atoms with van der Waals surface area (Å²) in [7, 11) is 0. The van der Waals surface area contributed by atoms with E-state index >= 15 is 0 Å². The van der Waals surface area contributed by atoms with E-state index in [1.54, 1.807) is 0 Å². The van der Waals surface area contributed by atoms with Crippen LogP contribution in [0.1, 0.15) is 36.0 Å². The Kier molecular flexibility index (Phi) is 3.57. The molecule has 4 nitrogen and oxygen atoms in total. The monoisotopic (exact) mass is 301 g/mol. The summed E-state index contributed by atoms with van der Waals surface area (Å²) in [5.74, 6) is 1.53. The Morgan fingerprint density at radius 3 is 2.95 bits per heavy atom. The van der Waals surface area contributed by atoms with Gasteiger partial charge in [0.1, 0.15) is 5.75 Å². The Morgan fingerprint density at radius 1 is 1.32 bits per heavy atom. The van der Waals surface area contributed by atoms with E-state index in [1.165, 1.54) is 12.8 Å². The highest BCUT2D eigenvalue weighted by Crippen LogP contribution is 2.39. The molecule has 1 aromatic carbocycles. The molecule has 2 aliphatic heterocycles. The van der Waals surface area contributed by atoms with E-state index < -0.39 is 0 Å². The Bertz CT molecular complexity index is 561. The first-order valence-corrected chi connectivity index (χ1v) is 8.35. The normalized spacial score (nSPS) is 27.5. The minimum Gasteiger partial charge on any atom is -0.492 e. The van der Waals surface area contributed by atoms with Gasteiger partial charge in [0, 0.05) is 25.1 Å². The van der Waals surface area contributed by atoms with E-state index in [4.69, 9.17) is 9.47 Å². The third-order valence-corrected chi connectivity index (χ3v) is 5.20. The van der Waals surface area contributed by atoms with E-state index in [-0.39, 0.29) is 11.3 Å². The first-order chi connectivity index (χ1) is 10.8. The fraction of sp³-hybridized carbons (Fsp3) is 0.611. The molecule has 1 amide bonds. The molecular formula is C18H23NO3. The summed E-state index contributed by atoms with van der Waals surface area (Å²) in [4.78, 5) is 14.9. The molecule has 0 bridgehead atoms. The van der Waals surface area contributed by atoms with E-state index in [0.717, 1.165) is 51.5 Å². The molecule has 1 aliphatic carbocycles. The molecule has 2 saturated heterocycles. The molecule has 1 aromatic rings. The fourth-order valence-corrected chi connectivity index (χ4v) is 3.51. The van der Waals surface area contributed by atoms with Crippen LogP contribution in [0.5, 0.6) is 5.75 Å². The Labute approximate surface area is 131 Å². The number of carbonyl (C=O) groups excluding carboxylic acids is 1. The van der Waals surface area contributed by atoms with Crippen molar-refractivity contribution in [3.63, 3.8) is 0 Å². The number of para-hydroxylation sites is 1. The van der Waals surface area contributed by atoms with Crippen LogP contribution >= 0.6 is 0 Å². The molecule has 22 heavy (non-hydrogen) atoms. The van der Waals surface area contributed by atoms with Crippen LogP contribution in [0.25, 0.3) is 0 Å². The topological polar surface area (TPSA) is 38.8 Å². The molecule has 118 valence electrons. The van der Waals surface area contributed by atoms with Crippen LogP contribution in [0.2, 0.25) is 0 Å². The van der Waals surface area contributed by atoms with Crippen LogP contribution in [-0.2, 0) is 4.74 Å². The summed E-state index contributed by atoms with van der Waals surface area (Å²) in [6, 6.07) is 7.66. The summed E-state index contributed by atoms with van der Waals surface area (Å²) in [5, 5.41) is 0. The molecule has 1 spiro atoms. The SMILES string of the molecule is O=C(c1ccccc1OCC1CC1)N1CCC2(CCOC2)C1. The van der Waals surface area contributed by atoms with Gasteiger partial charge in [0.05, 0.1) is 18.8 Å². The van der Waals surface area contributed by atoms with Gasteiger partial charge in [-0.15, -0.1) is 0 Å². The van der Waals surface area contributed by atoms with Gasteiger partial charge in [-0.25, -0.2) is 0 Å². The highest BCUT2D eigenvalue weighted by atomic mass is 16.5. The average molecular weight is 301 g/mol. The number of hydrogen-bond acceptors (Lipinski definition) is 3. The number of benzene rings is 1. The third-order valence-electron chi connectivity index (χ3n) is 5.20. The molecule has 1 atom stereocenters. The zero-order valence-electron chi connectivity index (χ0n) is 12.9. The summed E-state index contributed by atoms with van der Waals surface area (Å²) in [5.41, 5.74) is 0.915. The van der Waals surface area contributed by atoms with Gasteiger partial charge in [-0.1, -0.05) is 12.1 Å². The molecule has 2 heterocycles. The van der Waals surface area contributed by atoms with Gasteiger partial charge in [-0.3, -0.25) is 4.79 Å². The van der Waals surface area contributed by atoms with Crippen molar-refractivity contribution in [2.45, 2.75) is 25.7 Å². The highest BCUT2D eigenvalue weighted by molar-refractivity contribution is 5.97. The zero-order valence-corrected chi connectivity index (χ0v) is 12.9. The van der Waals surface area contributed by atoms with Gasteiger partial charge in [0.2, 0.25) is 0 Å². The predicted molar refractivity (Wildman–Crippen MR) is 83.1 cm³/mol. The first-order valence-electron chi connectivity index (χ1n) is 8.35. The van der Waals surface area contributed by atoms with Crippen molar-refractivity contribution in [2.75, 3.05) is 32.9 Å². The molecule has 0 radical (unpaired) electrons. The lowest BCUT2D eigenvalue weighted by Crippen LogP contribution is -2.32. The lowest BCUT2D eigenvalue weighted by atomic mass is 9.87. The lowest BCUT2D eigenvalue weighted by Gasteiger charge is -2.22. The predicted octanol–water partition coefficient (Wildman–Crippen LogP) is 2.73. The summed E-state index contributed by atoms with van der Waals surface area (Å²) in [6.07, 6.45) is 4.65. The van der Waals surface area contributed by atoms with Crippen molar-refractivity contribution in [3.8, 4) is 5.75 Å². The third kappa shape index (κ3) is 2.72. The van der Waals surface area contributed by atoms with Gasteiger partial charge in [0.15, 0.2) is 0 Å². The Morgan fingerprint density at radius 2 is 2.18 bits per heavy atom. The highest BCUT2D eigenvalue weighted by Gasteiger charge is 2.43. The van der Waals surface area contributed by atoms with Crippen LogP contribution in [0, 0.1) is 11.3 Å². The summed E-state index contributed by atoms with van der Waals surface area (Å²) < 4.78 is 11.4. The maximum Gasteiger partial charge on any atom is 0.257 e. The summed E-state index contributed by atoms with van der Waals surface area (Å²) in [6.45, 7) is 4.03. The number of ether oxygens (including phenoxy) is 2. The minimum atomic E-state index is 0.107. The van der Waals surface area contributed by atoms with Crippen molar-refractivity contribution in [2.24, 2.45) is 11.3 Å². The standard InChI is InChI=1S/C18H23NO3/c20-17(19-9-7-18(12-19)8-10-21-13-18)15-3-1-2-4-16(15)22-11-14-5-6-14/h1-4,14H,5-13H2. The lowest BCUT2D eigenvalue weighted by molar-refractivity contribution is 0.0761. The van der Waals surface area contributed by atoms with Crippen LogP contribution in [-0.4, -0.2) is 43.7 Å². The molecule has 4 heteroatoms. The van der Waals surface area contributed by atoms with Crippen molar-refractivity contribution >= 4 is 5.91 Å². The van der Waals surface area contributed by atoms with E-state index in [9.17, 15) is 4.79 Å². The smallest absolute Gasteiger partial charge is 0.257 e. The average Bonchev–Trinajstić information content (AvgIpc) is 3.12. The van der Waals surface area contributed by atoms with Gasteiger partial charge >= 0.3 is 0 Å². The Hall–Kier alpha value is -1.55. The van der Waals surface area contributed by atoms with Gasteiger partial charge in [-0.05, 0) is 43.7 Å². The van der Waals surface area contributed by atoms with Crippen LogP contribution in [0.4, 0.5) is 0 Å². The van der Waals surface area contributed by atoms with Gasteiger partial charge in [-0.2, -0.15) is 0 Å². The first kappa shape index (κ1) is 14.1. The van der Waals surface area contributed by atoms with Crippen LogP contribution in [0.3, 0.4) is 0 Å². The number of hydrogen-bond donors (Lipinski definition) is 0. The molecular weight excluding hydrogens is 278 g/mol. The molecule has 3 fully saturated rings. The number of amides is 1. The maximum atomic E-state index is 12.9. The van der Waals surface area contributed by atoms with Crippen molar-refractivity contribution < 1.29 is 14.3 Å².